The molecule has 206 valence electrons. The first kappa shape index (κ1) is 24.0. The van der Waals surface area contributed by atoms with E-state index in [0.717, 1.165) is 49.7 Å². The highest BCUT2D eigenvalue weighted by Gasteiger charge is 2.46. The molecule has 3 fully saturated rings. The Labute approximate surface area is 230 Å². The van der Waals surface area contributed by atoms with E-state index in [-0.39, 0.29) is 28.8 Å². The van der Waals surface area contributed by atoms with Crippen molar-refractivity contribution < 1.29 is 18.6 Å². The van der Waals surface area contributed by atoms with Gasteiger partial charge in [0, 0.05) is 30.6 Å². The van der Waals surface area contributed by atoms with Crippen molar-refractivity contribution in [1.82, 2.24) is 30.0 Å². The zero-order valence-corrected chi connectivity index (χ0v) is 22.2. The molecule has 11 heteroatoms. The van der Waals surface area contributed by atoms with Gasteiger partial charge < -0.3 is 19.1 Å². The molecule has 1 aromatic carbocycles. The van der Waals surface area contributed by atoms with Gasteiger partial charge in [0.15, 0.2) is 5.82 Å². The Hall–Kier alpha value is -3.83. The number of aromatic amines is 1. The van der Waals surface area contributed by atoms with Gasteiger partial charge in [-0.2, -0.15) is 15.1 Å². The predicted octanol–water partition coefficient (Wildman–Crippen LogP) is 3.87. The van der Waals surface area contributed by atoms with Crippen molar-refractivity contribution in [2.45, 2.75) is 37.3 Å². The molecule has 7 heterocycles. The van der Waals surface area contributed by atoms with Crippen molar-refractivity contribution in [3.8, 4) is 23.1 Å². The topological polar surface area (TPSA) is 102 Å². The summed E-state index contributed by atoms with van der Waals surface area (Å²) in [5, 5.41) is 8.33. The van der Waals surface area contributed by atoms with Crippen LogP contribution in [0.25, 0.3) is 33.1 Å². The molecule has 8 rings (SSSR count). The van der Waals surface area contributed by atoms with Crippen LogP contribution in [0.2, 0.25) is 0 Å². The van der Waals surface area contributed by atoms with Gasteiger partial charge in [-0.05, 0) is 38.3 Å². The van der Waals surface area contributed by atoms with Gasteiger partial charge in [0.1, 0.15) is 35.6 Å². The standard InChI is InChI=1S/C29H30FN7O3/c1-17-11-29(7-3-8-36(29)13-17)16-40-28-33-25-22-26(34-28)37-9-4-10-38-14-18(37)15-39-27(22)32-24(23(25)30)19-5-2-6-21-20(19)12-31-35-21/h2,5-6,12,18H,1,3-4,7-11,13-16H2,(H,31,35)/t18-,29-/m0/s1. The number of ether oxygens (including phenoxy) is 3. The lowest BCUT2D eigenvalue weighted by molar-refractivity contribution is 0.108. The quantitative estimate of drug-likeness (QED) is 0.385. The van der Waals surface area contributed by atoms with Crippen LogP contribution < -0.4 is 14.4 Å². The first-order valence-electron chi connectivity index (χ1n) is 13.9. The van der Waals surface area contributed by atoms with Crippen LogP contribution in [0, 0.1) is 5.82 Å². The molecular formula is C29H30FN7O3. The minimum atomic E-state index is -0.538. The highest BCUT2D eigenvalue weighted by molar-refractivity contribution is 6.00. The summed E-state index contributed by atoms with van der Waals surface area (Å²) < 4.78 is 35.0. The van der Waals surface area contributed by atoms with Gasteiger partial charge in [0.25, 0.3) is 0 Å². The van der Waals surface area contributed by atoms with Crippen molar-refractivity contribution in [3.63, 3.8) is 0 Å². The first-order valence-corrected chi connectivity index (χ1v) is 13.9. The molecule has 3 aromatic heterocycles. The Morgan fingerprint density at radius 3 is 3.08 bits per heavy atom. The van der Waals surface area contributed by atoms with Crippen molar-refractivity contribution in [1.29, 1.82) is 0 Å². The first-order chi connectivity index (χ1) is 19.6. The molecule has 0 unspecified atom stereocenters. The number of fused-ring (bicyclic) bond motifs is 4. The van der Waals surface area contributed by atoms with E-state index in [0.29, 0.717) is 55.6 Å². The van der Waals surface area contributed by atoms with E-state index >= 15 is 4.39 Å². The Balaban J connectivity index is 1.29. The molecule has 0 bridgehead atoms. The number of benzene rings is 1. The SMILES string of the molecule is C=C1CN2CCC[C@@]2(COc2nc3c4c(nc(-c5cccc6[nH]ncc56)c(F)c4n2)OC[C@@H]2COCCCN32)C1. The predicted molar refractivity (Wildman–Crippen MR) is 147 cm³/mol. The number of pyridine rings is 1. The summed E-state index contributed by atoms with van der Waals surface area (Å²) in [6.45, 7) is 8.77. The van der Waals surface area contributed by atoms with E-state index < -0.39 is 5.82 Å². The number of nitrogens with one attached hydrogen (secondary N) is 1. The molecule has 0 radical (unpaired) electrons. The molecule has 10 nitrogen and oxygen atoms in total. The molecule has 4 aromatic rings. The summed E-state index contributed by atoms with van der Waals surface area (Å²) in [7, 11) is 0. The molecule has 0 spiro atoms. The van der Waals surface area contributed by atoms with Gasteiger partial charge >= 0.3 is 6.01 Å². The van der Waals surface area contributed by atoms with Gasteiger partial charge in [-0.3, -0.25) is 10.00 Å². The van der Waals surface area contributed by atoms with Crippen LogP contribution >= 0.6 is 0 Å². The third-order valence-corrected chi connectivity index (χ3v) is 8.78. The summed E-state index contributed by atoms with van der Waals surface area (Å²) >= 11 is 0. The molecule has 2 atom stereocenters. The number of hydrogen-bond acceptors (Lipinski definition) is 9. The Bertz CT molecular complexity index is 1660. The van der Waals surface area contributed by atoms with E-state index in [1.54, 1.807) is 6.20 Å². The van der Waals surface area contributed by atoms with E-state index in [1.165, 1.54) is 5.57 Å². The van der Waals surface area contributed by atoms with Gasteiger partial charge in [-0.15, -0.1) is 0 Å². The van der Waals surface area contributed by atoms with Crippen LogP contribution in [0.5, 0.6) is 11.9 Å². The summed E-state index contributed by atoms with van der Waals surface area (Å²) in [5.74, 6) is 0.359. The fraction of sp³-hybridized carbons (Fsp3) is 0.448. The van der Waals surface area contributed by atoms with Crippen molar-refractivity contribution >= 4 is 27.6 Å². The highest BCUT2D eigenvalue weighted by Crippen LogP contribution is 2.43. The zero-order chi connectivity index (χ0) is 26.8. The number of anilines is 1. The second kappa shape index (κ2) is 9.10. The fourth-order valence-electron chi connectivity index (χ4n) is 6.90. The number of nitrogens with zero attached hydrogens (tertiary/aromatic N) is 6. The molecular weight excluding hydrogens is 513 g/mol. The molecule has 1 N–H and O–H groups in total. The fourth-order valence-corrected chi connectivity index (χ4v) is 6.90. The monoisotopic (exact) mass is 543 g/mol. The second-order valence-electron chi connectivity index (χ2n) is 11.3. The zero-order valence-electron chi connectivity index (χ0n) is 22.2. The molecule has 3 saturated heterocycles. The summed E-state index contributed by atoms with van der Waals surface area (Å²) in [6.07, 6.45) is 5.56. The van der Waals surface area contributed by atoms with Gasteiger partial charge in [-0.25, -0.2) is 9.37 Å². The lowest BCUT2D eigenvalue weighted by Gasteiger charge is -2.31. The smallest absolute Gasteiger partial charge is 0.319 e. The Kier molecular flexibility index (Phi) is 5.46. The van der Waals surface area contributed by atoms with E-state index in [4.69, 9.17) is 24.2 Å². The normalized spacial score (nSPS) is 24.6. The third-order valence-electron chi connectivity index (χ3n) is 8.78. The van der Waals surface area contributed by atoms with Crippen LogP contribution in [-0.4, -0.2) is 87.7 Å². The van der Waals surface area contributed by atoms with Gasteiger partial charge in [0.05, 0.1) is 29.9 Å². The van der Waals surface area contributed by atoms with Crippen LogP contribution in [0.15, 0.2) is 36.5 Å². The lowest BCUT2D eigenvalue weighted by atomic mass is 9.94. The molecule has 4 aliphatic rings. The second-order valence-corrected chi connectivity index (χ2v) is 11.3. The molecule has 40 heavy (non-hydrogen) atoms. The number of rotatable bonds is 4. The molecule has 0 amide bonds. The van der Waals surface area contributed by atoms with E-state index in [2.05, 4.69) is 31.6 Å². The Morgan fingerprint density at radius 2 is 2.12 bits per heavy atom. The van der Waals surface area contributed by atoms with Gasteiger partial charge in [-0.1, -0.05) is 24.3 Å². The lowest BCUT2D eigenvalue weighted by Crippen LogP contribution is -2.43. The van der Waals surface area contributed by atoms with E-state index in [1.807, 2.05) is 18.2 Å². The van der Waals surface area contributed by atoms with Crippen LogP contribution in [0.4, 0.5) is 10.2 Å². The highest BCUT2D eigenvalue weighted by atomic mass is 19.1. The maximum Gasteiger partial charge on any atom is 0.319 e. The third kappa shape index (κ3) is 3.67. The minimum absolute atomic E-state index is 0.0893. The van der Waals surface area contributed by atoms with Crippen molar-refractivity contribution in [2.75, 3.05) is 51.0 Å². The average Bonchev–Trinajstić information content (AvgIpc) is 3.58. The summed E-state index contributed by atoms with van der Waals surface area (Å²) in [4.78, 5) is 18.9. The number of halogens is 1. The van der Waals surface area contributed by atoms with Crippen LogP contribution in [0.1, 0.15) is 25.7 Å². The largest absolute Gasteiger partial charge is 0.475 e. The van der Waals surface area contributed by atoms with E-state index in [9.17, 15) is 0 Å². The van der Waals surface area contributed by atoms with Crippen LogP contribution in [-0.2, 0) is 4.74 Å². The average molecular weight is 544 g/mol. The number of H-pyrrole nitrogens is 1. The van der Waals surface area contributed by atoms with Crippen LogP contribution in [0.3, 0.4) is 0 Å². The summed E-state index contributed by atoms with van der Waals surface area (Å²) in [6, 6.07) is 5.65. The molecule has 0 aliphatic carbocycles. The number of hydrogen-bond donors (Lipinski definition) is 1. The van der Waals surface area contributed by atoms with Gasteiger partial charge in [0.2, 0.25) is 5.88 Å². The van der Waals surface area contributed by atoms with Crippen molar-refractivity contribution in [2.24, 2.45) is 0 Å². The number of aromatic nitrogens is 5. The molecule has 0 saturated carbocycles. The Morgan fingerprint density at radius 1 is 1.18 bits per heavy atom. The minimum Gasteiger partial charge on any atom is -0.475 e. The summed E-state index contributed by atoms with van der Waals surface area (Å²) in [5.41, 5.74) is 2.82. The maximum atomic E-state index is 16.6. The van der Waals surface area contributed by atoms with Crippen molar-refractivity contribution in [3.05, 3.63) is 42.4 Å². The molecule has 4 aliphatic heterocycles. The maximum absolute atomic E-state index is 16.6.